The zero-order chi connectivity index (χ0) is 27.7. The van der Waals surface area contributed by atoms with E-state index in [2.05, 4.69) is 5.32 Å². The number of nitrogens with two attached hydrogens (primary N) is 3. The van der Waals surface area contributed by atoms with Crippen molar-refractivity contribution in [3.8, 4) is 0 Å². The Morgan fingerprint density at radius 2 is 1.18 bits per heavy atom. The van der Waals surface area contributed by atoms with Gasteiger partial charge in [-0.15, -0.1) is 0 Å². The fourth-order valence-corrected chi connectivity index (χ4v) is 5.16. The third-order valence-corrected chi connectivity index (χ3v) is 7.47. The van der Waals surface area contributed by atoms with E-state index in [1.165, 1.54) is 24.3 Å². The number of hydrogen-bond donors (Lipinski definition) is 6. The van der Waals surface area contributed by atoms with Crippen molar-refractivity contribution in [1.29, 1.82) is 0 Å². The predicted octanol–water partition coefficient (Wildman–Crippen LogP) is 4.66. The fourth-order valence-electron chi connectivity index (χ4n) is 3.93. The van der Waals surface area contributed by atoms with Crippen molar-refractivity contribution >= 4 is 70.2 Å². The number of nitrogen functional groups attached to an aromatic ring is 3. The lowest BCUT2D eigenvalue weighted by atomic mass is 10.1. The van der Waals surface area contributed by atoms with Gasteiger partial charge in [-0.2, -0.15) is 16.8 Å². The zero-order valence-electron chi connectivity index (χ0n) is 19.7. The number of para-hydroxylation sites is 1. The Bertz CT molecular complexity index is 1880. The maximum atomic E-state index is 11.6. The Hall–Kier alpha value is -4.36. The molecule has 10 nitrogen and oxygen atoms in total. The molecule has 12 heteroatoms. The lowest BCUT2D eigenvalue weighted by molar-refractivity contribution is 0.481. The van der Waals surface area contributed by atoms with Gasteiger partial charge in [-0.1, -0.05) is 36.4 Å². The Kier molecular flexibility index (Phi) is 7.16. The zero-order valence-corrected chi connectivity index (χ0v) is 21.4. The first-order valence-corrected chi connectivity index (χ1v) is 13.9. The molecule has 0 aliphatic carbocycles. The Balaban J connectivity index is 0.000000186. The number of anilines is 5. The van der Waals surface area contributed by atoms with Gasteiger partial charge in [0, 0.05) is 50.0 Å². The molecule has 38 heavy (non-hydrogen) atoms. The summed E-state index contributed by atoms with van der Waals surface area (Å²) in [6.07, 6.45) is 0. The molecular formula is C26H24N4O6S2. The van der Waals surface area contributed by atoms with Crippen molar-refractivity contribution in [2.24, 2.45) is 0 Å². The Morgan fingerprint density at radius 3 is 1.82 bits per heavy atom. The SMILES string of the molecule is Nc1ccc(N)c2cc(S(=O)(=O)O)ccc12.Nc1ccc(Nc2ccccc2)c2c(S(=O)(=O)O)cccc12. The summed E-state index contributed by atoms with van der Waals surface area (Å²) < 4.78 is 63.6. The summed E-state index contributed by atoms with van der Waals surface area (Å²) in [5.74, 6) is 0. The summed E-state index contributed by atoms with van der Waals surface area (Å²) in [5.41, 5.74) is 20.1. The molecule has 0 saturated heterocycles. The van der Waals surface area contributed by atoms with Gasteiger partial charge >= 0.3 is 0 Å². The van der Waals surface area contributed by atoms with Crippen molar-refractivity contribution in [3.05, 3.63) is 91.0 Å². The highest BCUT2D eigenvalue weighted by Gasteiger charge is 2.18. The predicted molar refractivity (Wildman–Crippen MR) is 150 cm³/mol. The first kappa shape index (κ1) is 26.7. The molecule has 196 valence electrons. The van der Waals surface area contributed by atoms with Crippen LogP contribution in [-0.4, -0.2) is 25.9 Å². The topological polar surface area (TPSA) is 199 Å². The number of benzene rings is 5. The normalized spacial score (nSPS) is 11.6. The molecule has 0 aromatic heterocycles. The molecule has 0 aliphatic rings. The maximum absolute atomic E-state index is 11.6. The summed E-state index contributed by atoms with van der Waals surface area (Å²) in [6, 6.07) is 24.7. The van der Waals surface area contributed by atoms with Gasteiger partial charge in [-0.3, -0.25) is 9.11 Å². The van der Waals surface area contributed by atoms with Crippen LogP contribution in [0.15, 0.2) is 101 Å². The van der Waals surface area contributed by atoms with E-state index in [1.54, 1.807) is 36.4 Å². The maximum Gasteiger partial charge on any atom is 0.295 e. The standard InChI is InChI=1S/C16H14N2O3S.C10H10N2O3S/c17-13-9-10-14(18-11-5-2-1-3-6-11)16-12(13)7-4-8-15(16)22(19,20)21;11-9-3-4-10(12)8-5-6(16(13,14)15)1-2-7(8)9/h1-10,18H,17H2,(H,19,20,21);1-5H,11-12H2,(H,13,14,15). The molecule has 0 atom stereocenters. The molecule has 0 saturated carbocycles. The number of nitrogens with one attached hydrogen (secondary N) is 1. The molecule has 0 spiro atoms. The van der Waals surface area contributed by atoms with Crippen LogP contribution in [0.5, 0.6) is 0 Å². The summed E-state index contributed by atoms with van der Waals surface area (Å²) in [4.78, 5) is -0.368. The minimum absolute atomic E-state index is 0.171. The van der Waals surface area contributed by atoms with E-state index in [4.69, 9.17) is 21.8 Å². The quantitative estimate of drug-likeness (QED) is 0.134. The Labute approximate surface area is 219 Å². The smallest absolute Gasteiger partial charge is 0.295 e. The third-order valence-electron chi connectivity index (χ3n) is 5.72. The van der Waals surface area contributed by atoms with E-state index in [9.17, 15) is 21.4 Å². The van der Waals surface area contributed by atoms with E-state index < -0.39 is 20.2 Å². The summed E-state index contributed by atoms with van der Waals surface area (Å²) in [5, 5.41) is 5.26. The van der Waals surface area contributed by atoms with E-state index in [1.807, 2.05) is 30.3 Å². The van der Waals surface area contributed by atoms with Crippen LogP contribution in [0.3, 0.4) is 0 Å². The van der Waals surface area contributed by atoms with Crippen molar-refractivity contribution in [3.63, 3.8) is 0 Å². The van der Waals surface area contributed by atoms with E-state index in [0.29, 0.717) is 44.3 Å². The largest absolute Gasteiger partial charge is 0.398 e. The van der Waals surface area contributed by atoms with Crippen molar-refractivity contribution in [2.75, 3.05) is 22.5 Å². The summed E-state index contributed by atoms with van der Waals surface area (Å²) >= 11 is 0. The molecule has 0 fully saturated rings. The van der Waals surface area contributed by atoms with Gasteiger partial charge in [0.1, 0.15) is 4.90 Å². The van der Waals surface area contributed by atoms with Crippen LogP contribution in [0, 0.1) is 0 Å². The number of fused-ring (bicyclic) bond motifs is 2. The molecule has 0 amide bonds. The highest BCUT2D eigenvalue weighted by Crippen LogP contribution is 2.35. The van der Waals surface area contributed by atoms with E-state index >= 15 is 0 Å². The molecule has 0 radical (unpaired) electrons. The summed E-state index contributed by atoms with van der Waals surface area (Å²) in [7, 11) is -8.58. The second kappa shape index (κ2) is 10.2. The van der Waals surface area contributed by atoms with Crippen LogP contribution < -0.4 is 22.5 Å². The molecule has 9 N–H and O–H groups in total. The molecule has 0 heterocycles. The van der Waals surface area contributed by atoms with Gasteiger partial charge in [0.2, 0.25) is 0 Å². The number of hydrogen-bond acceptors (Lipinski definition) is 8. The van der Waals surface area contributed by atoms with Crippen molar-refractivity contribution < 1.29 is 25.9 Å². The van der Waals surface area contributed by atoms with Crippen LogP contribution in [0.2, 0.25) is 0 Å². The average molecular weight is 553 g/mol. The minimum atomic E-state index is -4.36. The van der Waals surface area contributed by atoms with Gasteiger partial charge in [0.25, 0.3) is 20.2 Å². The first-order valence-electron chi connectivity index (χ1n) is 11.0. The molecular weight excluding hydrogens is 528 g/mol. The summed E-state index contributed by atoms with van der Waals surface area (Å²) in [6.45, 7) is 0. The van der Waals surface area contributed by atoms with Crippen LogP contribution in [0.1, 0.15) is 0 Å². The van der Waals surface area contributed by atoms with Crippen LogP contribution in [0.4, 0.5) is 28.4 Å². The van der Waals surface area contributed by atoms with Crippen LogP contribution in [0.25, 0.3) is 21.5 Å². The van der Waals surface area contributed by atoms with Gasteiger partial charge in [-0.25, -0.2) is 0 Å². The lowest BCUT2D eigenvalue weighted by Gasteiger charge is -2.13. The monoisotopic (exact) mass is 552 g/mol. The minimum Gasteiger partial charge on any atom is -0.398 e. The number of rotatable bonds is 4. The molecule has 0 bridgehead atoms. The average Bonchev–Trinajstić information content (AvgIpc) is 2.87. The van der Waals surface area contributed by atoms with E-state index in [-0.39, 0.29) is 9.79 Å². The van der Waals surface area contributed by atoms with Crippen LogP contribution >= 0.6 is 0 Å². The molecule has 5 rings (SSSR count). The highest BCUT2D eigenvalue weighted by molar-refractivity contribution is 7.86. The molecule has 5 aromatic carbocycles. The molecule has 0 aliphatic heterocycles. The second-order valence-electron chi connectivity index (χ2n) is 8.27. The lowest BCUT2D eigenvalue weighted by Crippen LogP contribution is -2.02. The van der Waals surface area contributed by atoms with Gasteiger partial charge in [0.05, 0.1) is 4.90 Å². The van der Waals surface area contributed by atoms with Gasteiger partial charge in [-0.05, 0) is 54.6 Å². The van der Waals surface area contributed by atoms with Gasteiger partial charge < -0.3 is 22.5 Å². The molecule has 0 unspecified atom stereocenters. The van der Waals surface area contributed by atoms with Crippen LogP contribution in [-0.2, 0) is 20.2 Å². The van der Waals surface area contributed by atoms with Crippen molar-refractivity contribution in [2.45, 2.75) is 9.79 Å². The van der Waals surface area contributed by atoms with E-state index in [0.717, 1.165) is 5.69 Å². The fraction of sp³-hybridized carbons (Fsp3) is 0. The highest BCUT2D eigenvalue weighted by atomic mass is 32.2. The first-order chi connectivity index (χ1) is 17.9. The molecule has 5 aromatic rings. The van der Waals surface area contributed by atoms with Crippen molar-refractivity contribution in [1.82, 2.24) is 0 Å². The second-order valence-corrected chi connectivity index (χ2v) is 11.1. The van der Waals surface area contributed by atoms with Gasteiger partial charge in [0.15, 0.2) is 0 Å². The Morgan fingerprint density at radius 1 is 0.579 bits per heavy atom. The third kappa shape index (κ3) is 5.63.